The number of hydrogen-bond donors (Lipinski definition) is 1. The van der Waals surface area contributed by atoms with Gasteiger partial charge in [0.1, 0.15) is 0 Å². The highest BCUT2D eigenvalue weighted by Crippen LogP contribution is 2.40. The molecule has 0 unspecified atom stereocenters. The van der Waals surface area contributed by atoms with Crippen LogP contribution >= 0.6 is 0 Å². The quantitative estimate of drug-likeness (QED) is 0.513. The highest BCUT2D eigenvalue weighted by molar-refractivity contribution is 6.07. The SMILES string of the molecule is CC#Cc1ccc(C(=O)NC2CCCCC2)c2c1cnn2[C@H](C)c1ccc(C2CC2)cc1. The van der Waals surface area contributed by atoms with Crippen LogP contribution in [0.5, 0.6) is 0 Å². The molecule has 0 aliphatic heterocycles. The number of nitrogens with zero attached hydrogens (tertiary/aromatic N) is 2. The Balaban J connectivity index is 1.53. The van der Waals surface area contributed by atoms with Crippen LogP contribution in [0, 0.1) is 11.8 Å². The van der Waals surface area contributed by atoms with Gasteiger partial charge >= 0.3 is 0 Å². The van der Waals surface area contributed by atoms with E-state index in [1.165, 1.54) is 43.2 Å². The fourth-order valence-corrected chi connectivity index (χ4v) is 5.00. The summed E-state index contributed by atoms with van der Waals surface area (Å²) in [5.41, 5.74) is 5.10. The lowest BCUT2D eigenvalue weighted by Crippen LogP contribution is -2.36. The minimum atomic E-state index is -0.00376. The molecule has 1 amide bonds. The second-order valence-electron chi connectivity index (χ2n) is 9.31. The molecule has 4 heteroatoms. The summed E-state index contributed by atoms with van der Waals surface area (Å²) in [5, 5.41) is 8.97. The van der Waals surface area contributed by atoms with Crippen LogP contribution in [0.15, 0.2) is 42.6 Å². The zero-order valence-electron chi connectivity index (χ0n) is 19.0. The lowest BCUT2D eigenvalue weighted by Gasteiger charge is -2.23. The van der Waals surface area contributed by atoms with Gasteiger partial charge in [0.25, 0.3) is 5.91 Å². The van der Waals surface area contributed by atoms with Gasteiger partial charge < -0.3 is 5.32 Å². The van der Waals surface area contributed by atoms with Crippen molar-refractivity contribution in [3.63, 3.8) is 0 Å². The molecule has 2 aliphatic carbocycles. The number of aromatic nitrogens is 2. The monoisotopic (exact) mass is 425 g/mol. The maximum atomic E-state index is 13.3. The van der Waals surface area contributed by atoms with Gasteiger partial charge in [-0.3, -0.25) is 9.48 Å². The molecule has 1 heterocycles. The molecule has 32 heavy (non-hydrogen) atoms. The van der Waals surface area contributed by atoms with Crippen molar-refractivity contribution < 1.29 is 4.79 Å². The Morgan fingerprint density at radius 3 is 2.50 bits per heavy atom. The first kappa shape index (κ1) is 20.8. The van der Waals surface area contributed by atoms with E-state index in [-0.39, 0.29) is 18.0 Å². The topological polar surface area (TPSA) is 46.9 Å². The van der Waals surface area contributed by atoms with Gasteiger partial charge in [-0.1, -0.05) is 49.4 Å². The molecule has 2 fully saturated rings. The van der Waals surface area contributed by atoms with Crippen molar-refractivity contribution in [2.24, 2.45) is 0 Å². The molecular weight excluding hydrogens is 394 g/mol. The maximum Gasteiger partial charge on any atom is 0.253 e. The fraction of sp³-hybridized carbons (Fsp3) is 0.429. The number of amides is 1. The number of nitrogens with one attached hydrogen (secondary N) is 1. The smallest absolute Gasteiger partial charge is 0.253 e. The van der Waals surface area contributed by atoms with E-state index in [9.17, 15) is 4.79 Å². The molecule has 2 aromatic carbocycles. The normalized spacial score (nSPS) is 17.6. The first-order chi connectivity index (χ1) is 15.7. The van der Waals surface area contributed by atoms with Gasteiger partial charge in [-0.15, -0.1) is 5.92 Å². The van der Waals surface area contributed by atoms with E-state index in [1.807, 2.05) is 29.9 Å². The summed E-state index contributed by atoms with van der Waals surface area (Å²) >= 11 is 0. The zero-order chi connectivity index (χ0) is 22.1. The van der Waals surface area contributed by atoms with Crippen molar-refractivity contribution in [1.29, 1.82) is 0 Å². The number of carbonyl (C=O) groups is 1. The molecule has 0 radical (unpaired) electrons. The Morgan fingerprint density at radius 2 is 1.81 bits per heavy atom. The minimum absolute atomic E-state index is 0.00376. The van der Waals surface area contributed by atoms with Crippen molar-refractivity contribution in [2.45, 2.75) is 76.8 Å². The molecule has 2 saturated carbocycles. The molecule has 164 valence electrons. The summed E-state index contributed by atoms with van der Waals surface area (Å²) in [7, 11) is 0. The van der Waals surface area contributed by atoms with Gasteiger partial charge in [0.15, 0.2) is 0 Å². The number of carbonyl (C=O) groups excluding carboxylic acids is 1. The number of benzene rings is 2. The maximum absolute atomic E-state index is 13.3. The lowest BCUT2D eigenvalue weighted by molar-refractivity contribution is 0.0929. The molecule has 0 spiro atoms. The summed E-state index contributed by atoms with van der Waals surface area (Å²) in [6.45, 7) is 3.99. The van der Waals surface area contributed by atoms with Crippen molar-refractivity contribution in [2.75, 3.05) is 0 Å². The zero-order valence-corrected chi connectivity index (χ0v) is 19.0. The molecule has 5 rings (SSSR count). The highest BCUT2D eigenvalue weighted by atomic mass is 16.1. The van der Waals surface area contributed by atoms with Crippen LogP contribution in [-0.2, 0) is 0 Å². The molecule has 3 aromatic rings. The Morgan fingerprint density at radius 1 is 1.06 bits per heavy atom. The van der Waals surface area contributed by atoms with Crippen molar-refractivity contribution in [1.82, 2.24) is 15.1 Å². The van der Waals surface area contributed by atoms with E-state index >= 15 is 0 Å². The van der Waals surface area contributed by atoms with Crippen LogP contribution in [0.4, 0.5) is 0 Å². The van der Waals surface area contributed by atoms with E-state index in [4.69, 9.17) is 5.10 Å². The van der Waals surface area contributed by atoms with Crippen LogP contribution in [0.25, 0.3) is 10.9 Å². The lowest BCUT2D eigenvalue weighted by atomic mass is 9.95. The molecule has 4 nitrogen and oxygen atoms in total. The highest BCUT2D eigenvalue weighted by Gasteiger charge is 2.25. The van der Waals surface area contributed by atoms with Crippen molar-refractivity contribution in [3.8, 4) is 11.8 Å². The molecular formula is C28H31N3O. The number of fused-ring (bicyclic) bond motifs is 1. The van der Waals surface area contributed by atoms with E-state index in [0.717, 1.165) is 35.2 Å². The Hall–Kier alpha value is -3.06. The van der Waals surface area contributed by atoms with Gasteiger partial charge in [-0.05, 0) is 68.7 Å². The summed E-state index contributed by atoms with van der Waals surface area (Å²) in [6.07, 6.45) is 10.3. The summed E-state index contributed by atoms with van der Waals surface area (Å²) in [6, 6.07) is 13.1. The summed E-state index contributed by atoms with van der Waals surface area (Å²) in [5.74, 6) is 6.92. The second-order valence-corrected chi connectivity index (χ2v) is 9.31. The van der Waals surface area contributed by atoms with Crippen LogP contribution in [0.2, 0.25) is 0 Å². The van der Waals surface area contributed by atoms with Crippen LogP contribution in [0.1, 0.15) is 97.8 Å². The van der Waals surface area contributed by atoms with Crippen molar-refractivity contribution in [3.05, 3.63) is 64.8 Å². The molecule has 1 N–H and O–H groups in total. The second kappa shape index (κ2) is 8.82. The molecule has 1 aromatic heterocycles. The molecule has 2 aliphatic rings. The molecule has 0 bridgehead atoms. The van der Waals surface area contributed by atoms with Gasteiger partial charge in [-0.2, -0.15) is 5.10 Å². The predicted molar refractivity (Wildman–Crippen MR) is 129 cm³/mol. The predicted octanol–water partition coefficient (Wildman–Crippen LogP) is 5.96. The Bertz CT molecular complexity index is 1190. The molecule has 1 atom stereocenters. The largest absolute Gasteiger partial charge is 0.349 e. The average Bonchev–Trinajstić information content (AvgIpc) is 3.58. The van der Waals surface area contributed by atoms with Crippen molar-refractivity contribution >= 4 is 16.8 Å². The summed E-state index contributed by atoms with van der Waals surface area (Å²) in [4.78, 5) is 13.3. The van der Waals surface area contributed by atoms with E-state index in [0.29, 0.717) is 5.56 Å². The fourth-order valence-electron chi connectivity index (χ4n) is 5.00. The molecule has 0 saturated heterocycles. The summed E-state index contributed by atoms with van der Waals surface area (Å²) < 4.78 is 2.00. The van der Waals surface area contributed by atoms with Gasteiger partial charge in [-0.25, -0.2) is 0 Å². The third kappa shape index (κ3) is 4.05. The minimum Gasteiger partial charge on any atom is -0.349 e. The first-order valence-corrected chi connectivity index (χ1v) is 12.0. The first-order valence-electron chi connectivity index (χ1n) is 12.0. The Kier molecular flexibility index (Phi) is 5.74. The number of rotatable bonds is 5. The van der Waals surface area contributed by atoms with Gasteiger partial charge in [0.2, 0.25) is 0 Å². The van der Waals surface area contributed by atoms with E-state index in [1.54, 1.807) is 0 Å². The standard InChI is InChI=1S/C28H31N3O/c1-3-7-23-16-17-25(28(32)30-24-8-5-4-6-9-24)27-26(23)18-29-31(27)19(2)20-10-12-21(13-11-20)22-14-15-22/h10-13,16-19,22,24H,4-6,8-9,14-15H2,1-2H3,(H,30,32)/t19-/m1/s1. The van der Waals surface area contributed by atoms with Crippen LogP contribution < -0.4 is 5.32 Å². The van der Waals surface area contributed by atoms with E-state index in [2.05, 4.69) is 48.3 Å². The number of hydrogen-bond acceptors (Lipinski definition) is 2. The Labute approximate surface area is 190 Å². The van der Waals surface area contributed by atoms with Gasteiger partial charge in [0, 0.05) is 17.0 Å². The van der Waals surface area contributed by atoms with Crippen LogP contribution in [0.3, 0.4) is 0 Å². The van der Waals surface area contributed by atoms with E-state index < -0.39 is 0 Å². The third-order valence-electron chi connectivity index (χ3n) is 7.04. The van der Waals surface area contributed by atoms with Gasteiger partial charge in [0.05, 0.1) is 23.3 Å². The third-order valence-corrected chi connectivity index (χ3v) is 7.04. The van der Waals surface area contributed by atoms with Crippen LogP contribution in [-0.4, -0.2) is 21.7 Å². The average molecular weight is 426 g/mol.